The molecule has 2 aromatic carbocycles. The topological polar surface area (TPSA) is 54.9 Å². The second kappa shape index (κ2) is 12.3. The fourth-order valence-corrected chi connectivity index (χ4v) is 2.38. The summed E-state index contributed by atoms with van der Waals surface area (Å²) in [6, 6.07) is 14.5. The Bertz CT molecular complexity index is 712. The Morgan fingerprint density at radius 3 is 2.41 bits per heavy atom. The lowest BCUT2D eigenvalue weighted by Gasteiger charge is -2.14. The zero-order chi connectivity index (χ0) is 18.8. The molecule has 0 atom stereocenters. The third-order valence-corrected chi connectivity index (χ3v) is 3.72. The zero-order valence-electron chi connectivity index (χ0n) is 15.2. The van der Waals surface area contributed by atoms with Crippen LogP contribution in [0.2, 0.25) is 0 Å². The minimum atomic E-state index is -2.85. The third kappa shape index (κ3) is 7.98. The van der Waals surface area contributed by atoms with Gasteiger partial charge in [-0.1, -0.05) is 30.3 Å². The first-order valence-electron chi connectivity index (χ1n) is 8.22. The molecule has 0 aliphatic rings. The number of nitrogens with one attached hydrogen (secondary N) is 2. The van der Waals surface area contributed by atoms with E-state index in [0.29, 0.717) is 24.6 Å². The van der Waals surface area contributed by atoms with E-state index in [2.05, 4.69) is 20.4 Å². The third-order valence-electron chi connectivity index (χ3n) is 3.72. The smallest absolute Gasteiger partial charge is 0.387 e. The van der Waals surface area contributed by atoms with E-state index in [-0.39, 0.29) is 29.7 Å². The van der Waals surface area contributed by atoms with Crippen LogP contribution in [0.25, 0.3) is 0 Å². The molecule has 0 fully saturated rings. The Kier molecular flexibility index (Phi) is 10.5. The number of aliphatic imine (C=N–C) groups is 1. The van der Waals surface area contributed by atoms with Gasteiger partial charge in [0.15, 0.2) is 5.96 Å². The van der Waals surface area contributed by atoms with Crippen LogP contribution in [0.5, 0.6) is 11.5 Å². The number of hydrogen-bond acceptors (Lipinski definition) is 3. The molecule has 0 heterocycles. The van der Waals surface area contributed by atoms with Crippen LogP contribution in [0.15, 0.2) is 53.5 Å². The molecule has 0 saturated heterocycles. The molecule has 0 aromatic heterocycles. The quantitative estimate of drug-likeness (QED) is 0.335. The molecule has 0 spiro atoms. The highest BCUT2D eigenvalue weighted by Gasteiger charge is 2.09. The molecule has 0 bridgehead atoms. The first-order valence-corrected chi connectivity index (χ1v) is 8.22. The van der Waals surface area contributed by atoms with Crippen molar-refractivity contribution in [1.29, 1.82) is 0 Å². The normalized spacial score (nSPS) is 10.9. The Morgan fingerprint density at radius 1 is 1.07 bits per heavy atom. The molecule has 2 N–H and O–H groups in total. The van der Waals surface area contributed by atoms with Crippen molar-refractivity contribution >= 4 is 29.9 Å². The van der Waals surface area contributed by atoms with Gasteiger partial charge in [-0.3, -0.25) is 4.99 Å². The van der Waals surface area contributed by atoms with Gasteiger partial charge in [0.25, 0.3) is 0 Å². The molecule has 0 aliphatic carbocycles. The number of methoxy groups -OCH3 is 1. The second-order valence-electron chi connectivity index (χ2n) is 5.44. The lowest BCUT2D eigenvalue weighted by Crippen LogP contribution is -2.37. The standard InChI is InChI=1S/C19H23F2N3O2.HI/c1-22-19(23-12-11-14-7-9-16(25-2)10-8-14)24-13-15-5-3-4-6-17(15)26-18(20)21;/h3-10,18H,11-13H2,1-2H3,(H2,22,23,24);1H. The van der Waals surface area contributed by atoms with Gasteiger partial charge in [0.05, 0.1) is 7.11 Å². The number of rotatable bonds is 8. The molecule has 0 aliphatic heterocycles. The number of guanidine groups is 1. The summed E-state index contributed by atoms with van der Waals surface area (Å²) in [5.41, 5.74) is 1.80. The molecular weight excluding hydrogens is 467 g/mol. The minimum absolute atomic E-state index is 0. The highest BCUT2D eigenvalue weighted by Crippen LogP contribution is 2.19. The average Bonchev–Trinajstić information content (AvgIpc) is 2.65. The van der Waals surface area contributed by atoms with Crippen molar-refractivity contribution in [3.8, 4) is 11.5 Å². The molecule has 0 radical (unpaired) electrons. The van der Waals surface area contributed by atoms with E-state index in [0.717, 1.165) is 12.2 Å². The molecule has 0 unspecified atom stereocenters. The van der Waals surface area contributed by atoms with Gasteiger partial charge in [-0.05, 0) is 30.2 Å². The number of halogens is 3. The Labute approximate surface area is 175 Å². The number of benzene rings is 2. The maximum Gasteiger partial charge on any atom is 0.387 e. The van der Waals surface area contributed by atoms with Gasteiger partial charge in [0.2, 0.25) is 0 Å². The van der Waals surface area contributed by atoms with Crippen LogP contribution in [0.1, 0.15) is 11.1 Å². The van der Waals surface area contributed by atoms with E-state index in [1.165, 1.54) is 11.6 Å². The van der Waals surface area contributed by atoms with Gasteiger partial charge in [-0.15, -0.1) is 24.0 Å². The van der Waals surface area contributed by atoms with Crippen molar-refractivity contribution < 1.29 is 18.3 Å². The van der Waals surface area contributed by atoms with Crippen molar-refractivity contribution in [1.82, 2.24) is 10.6 Å². The van der Waals surface area contributed by atoms with E-state index in [1.807, 2.05) is 24.3 Å². The molecule has 2 rings (SSSR count). The number of ether oxygens (including phenoxy) is 2. The molecule has 2 aromatic rings. The Hall–Kier alpha value is -2.10. The van der Waals surface area contributed by atoms with Crippen LogP contribution < -0.4 is 20.1 Å². The van der Waals surface area contributed by atoms with Crippen LogP contribution in [-0.2, 0) is 13.0 Å². The van der Waals surface area contributed by atoms with Crippen LogP contribution in [-0.4, -0.2) is 33.3 Å². The van der Waals surface area contributed by atoms with Crippen LogP contribution in [0.3, 0.4) is 0 Å². The van der Waals surface area contributed by atoms with E-state index in [1.54, 1.807) is 32.4 Å². The molecule has 8 heteroatoms. The monoisotopic (exact) mass is 491 g/mol. The predicted molar refractivity (Wildman–Crippen MR) is 113 cm³/mol. The fourth-order valence-electron chi connectivity index (χ4n) is 2.38. The van der Waals surface area contributed by atoms with Gasteiger partial charge >= 0.3 is 6.61 Å². The number of hydrogen-bond donors (Lipinski definition) is 2. The average molecular weight is 491 g/mol. The van der Waals surface area contributed by atoms with Crippen LogP contribution in [0.4, 0.5) is 8.78 Å². The maximum atomic E-state index is 12.5. The highest BCUT2D eigenvalue weighted by atomic mass is 127. The maximum absolute atomic E-state index is 12.5. The fraction of sp³-hybridized carbons (Fsp3) is 0.316. The summed E-state index contributed by atoms with van der Waals surface area (Å²) in [5, 5.41) is 6.29. The summed E-state index contributed by atoms with van der Waals surface area (Å²) in [7, 11) is 3.29. The van der Waals surface area contributed by atoms with E-state index in [9.17, 15) is 8.78 Å². The highest BCUT2D eigenvalue weighted by molar-refractivity contribution is 14.0. The summed E-state index contributed by atoms with van der Waals surface area (Å²) >= 11 is 0. The second-order valence-corrected chi connectivity index (χ2v) is 5.44. The summed E-state index contributed by atoms with van der Waals surface area (Å²) < 4.78 is 34.6. The lowest BCUT2D eigenvalue weighted by atomic mass is 10.1. The first-order chi connectivity index (χ1) is 12.6. The predicted octanol–water partition coefficient (Wildman–Crippen LogP) is 3.82. The van der Waals surface area contributed by atoms with Crippen molar-refractivity contribution in [2.45, 2.75) is 19.6 Å². The molecule has 0 saturated carbocycles. The van der Waals surface area contributed by atoms with Crippen molar-refractivity contribution in [3.05, 3.63) is 59.7 Å². The first kappa shape index (κ1) is 22.9. The number of para-hydroxylation sites is 1. The summed E-state index contributed by atoms with van der Waals surface area (Å²) in [4.78, 5) is 4.14. The zero-order valence-corrected chi connectivity index (χ0v) is 17.6. The lowest BCUT2D eigenvalue weighted by molar-refractivity contribution is -0.0504. The van der Waals surface area contributed by atoms with Gasteiger partial charge in [0.1, 0.15) is 11.5 Å². The largest absolute Gasteiger partial charge is 0.497 e. The number of alkyl halides is 2. The van der Waals surface area contributed by atoms with E-state index >= 15 is 0 Å². The SMILES string of the molecule is CN=C(NCCc1ccc(OC)cc1)NCc1ccccc1OC(F)F.I. The summed E-state index contributed by atoms with van der Waals surface area (Å²) in [6.45, 7) is -1.84. The van der Waals surface area contributed by atoms with Gasteiger partial charge in [-0.2, -0.15) is 8.78 Å². The Morgan fingerprint density at radius 2 is 1.78 bits per heavy atom. The summed E-state index contributed by atoms with van der Waals surface area (Å²) in [5.74, 6) is 1.57. The van der Waals surface area contributed by atoms with Gasteiger partial charge in [0, 0.05) is 25.7 Å². The summed E-state index contributed by atoms with van der Waals surface area (Å²) in [6.07, 6.45) is 0.815. The van der Waals surface area contributed by atoms with Crippen LogP contribution in [0, 0.1) is 0 Å². The van der Waals surface area contributed by atoms with E-state index in [4.69, 9.17) is 4.74 Å². The molecule has 148 valence electrons. The molecule has 0 amide bonds. The number of nitrogens with zero attached hydrogens (tertiary/aromatic N) is 1. The van der Waals surface area contributed by atoms with Crippen molar-refractivity contribution in [2.24, 2.45) is 4.99 Å². The molecular formula is C19H24F2IN3O2. The minimum Gasteiger partial charge on any atom is -0.497 e. The molecule has 27 heavy (non-hydrogen) atoms. The molecule has 5 nitrogen and oxygen atoms in total. The van der Waals surface area contributed by atoms with E-state index < -0.39 is 6.61 Å². The van der Waals surface area contributed by atoms with Gasteiger partial charge < -0.3 is 20.1 Å². The van der Waals surface area contributed by atoms with Gasteiger partial charge in [-0.25, -0.2) is 0 Å². The van der Waals surface area contributed by atoms with Crippen LogP contribution >= 0.6 is 24.0 Å². The van der Waals surface area contributed by atoms with Crippen molar-refractivity contribution in [2.75, 3.05) is 20.7 Å². The van der Waals surface area contributed by atoms with Crippen molar-refractivity contribution in [3.63, 3.8) is 0 Å². The Balaban J connectivity index is 0.00000364.